The minimum Gasteiger partial charge on any atom is -0.352 e. The maximum Gasteiger partial charge on any atom is 0.238 e. The summed E-state index contributed by atoms with van der Waals surface area (Å²) < 4.78 is 22.4. The summed E-state index contributed by atoms with van der Waals surface area (Å²) in [7, 11) is -3.65. The summed E-state index contributed by atoms with van der Waals surface area (Å²) in [5, 5.41) is 11.7. The number of hydrogen-bond donors (Lipinski definition) is 3. The molecular weight excluding hydrogens is 374 g/mol. The molecule has 0 atom stereocenters. The number of amides is 1. The molecule has 0 fully saturated rings. The molecular formula is C18H22ClN3O3S. The zero-order chi connectivity index (χ0) is 19.0. The molecule has 0 heterocycles. The van der Waals surface area contributed by atoms with E-state index in [1.54, 1.807) is 18.2 Å². The van der Waals surface area contributed by atoms with Gasteiger partial charge in [-0.2, -0.15) is 0 Å². The van der Waals surface area contributed by atoms with Gasteiger partial charge < -0.3 is 10.6 Å². The van der Waals surface area contributed by atoms with Crippen molar-refractivity contribution in [1.82, 2.24) is 10.6 Å². The molecule has 0 aliphatic rings. The molecule has 0 spiro atoms. The minimum atomic E-state index is -3.65. The lowest BCUT2D eigenvalue weighted by Gasteiger charge is -2.08. The molecule has 6 nitrogen and oxygen atoms in total. The van der Waals surface area contributed by atoms with Crippen molar-refractivity contribution in [1.29, 1.82) is 0 Å². The van der Waals surface area contributed by atoms with E-state index in [0.717, 1.165) is 17.5 Å². The third-order valence-electron chi connectivity index (χ3n) is 3.81. The topological polar surface area (TPSA) is 101 Å². The first-order valence-electron chi connectivity index (χ1n) is 8.19. The van der Waals surface area contributed by atoms with Crippen LogP contribution >= 0.6 is 11.6 Å². The third kappa shape index (κ3) is 6.76. The molecule has 2 aromatic rings. The first kappa shape index (κ1) is 20.4. The van der Waals surface area contributed by atoms with Gasteiger partial charge in [0, 0.05) is 24.5 Å². The fourth-order valence-electron chi connectivity index (χ4n) is 2.33. The van der Waals surface area contributed by atoms with Crippen LogP contribution in [0, 0.1) is 0 Å². The zero-order valence-electron chi connectivity index (χ0n) is 14.2. The zero-order valence-corrected chi connectivity index (χ0v) is 15.8. The van der Waals surface area contributed by atoms with Crippen molar-refractivity contribution in [2.75, 3.05) is 13.1 Å². The van der Waals surface area contributed by atoms with E-state index in [2.05, 4.69) is 10.6 Å². The van der Waals surface area contributed by atoms with E-state index in [1.807, 2.05) is 18.2 Å². The Morgan fingerprint density at radius 1 is 1.04 bits per heavy atom. The van der Waals surface area contributed by atoms with Crippen LogP contribution in [0.25, 0.3) is 0 Å². The van der Waals surface area contributed by atoms with Gasteiger partial charge in [0.25, 0.3) is 0 Å². The normalized spacial score (nSPS) is 11.3. The van der Waals surface area contributed by atoms with E-state index in [-0.39, 0.29) is 10.8 Å². The lowest BCUT2D eigenvalue weighted by molar-refractivity contribution is -0.121. The van der Waals surface area contributed by atoms with Gasteiger partial charge in [0.15, 0.2) is 0 Å². The molecule has 2 aromatic carbocycles. The Morgan fingerprint density at radius 3 is 2.38 bits per heavy atom. The maximum absolute atomic E-state index is 11.8. The summed E-state index contributed by atoms with van der Waals surface area (Å²) in [5.74, 6) is -0.0464. The highest BCUT2D eigenvalue weighted by molar-refractivity contribution is 7.89. The molecule has 8 heteroatoms. The number of hydrogen-bond acceptors (Lipinski definition) is 4. The van der Waals surface area contributed by atoms with Crippen molar-refractivity contribution in [3.05, 3.63) is 64.7 Å². The molecule has 0 saturated heterocycles. The lowest BCUT2D eigenvalue weighted by atomic mass is 10.1. The first-order valence-corrected chi connectivity index (χ1v) is 10.1. The first-order chi connectivity index (χ1) is 12.4. The van der Waals surface area contributed by atoms with Crippen molar-refractivity contribution in [2.24, 2.45) is 5.14 Å². The third-order valence-corrected chi connectivity index (χ3v) is 5.10. The van der Waals surface area contributed by atoms with Crippen LogP contribution in [0.3, 0.4) is 0 Å². The Bertz CT molecular complexity index is 839. The molecule has 0 aliphatic heterocycles. The highest BCUT2D eigenvalue weighted by Gasteiger charge is 2.07. The molecule has 4 N–H and O–H groups in total. The molecule has 0 aliphatic carbocycles. The van der Waals surface area contributed by atoms with E-state index in [9.17, 15) is 13.2 Å². The van der Waals surface area contributed by atoms with Gasteiger partial charge in [-0.3, -0.25) is 4.79 Å². The van der Waals surface area contributed by atoms with E-state index < -0.39 is 10.0 Å². The van der Waals surface area contributed by atoms with Gasteiger partial charge in [0.1, 0.15) is 0 Å². The smallest absolute Gasteiger partial charge is 0.238 e. The van der Waals surface area contributed by atoms with Gasteiger partial charge in [0.05, 0.1) is 4.90 Å². The molecule has 1 amide bonds. The number of nitrogens with one attached hydrogen (secondary N) is 2. The van der Waals surface area contributed by atoms with Crippen LogP contribution in [0.2, 0.25) is 5.02 Å². The maximum atomic E-state index is 11.8. The van der Waals surface area contributed by atoms with Crippen molar-refractivity contribution >= 4 is 27.5 Å². The minimum absolute atomic E-state index is 0.0464. The fraction of sp³-hybridized carbons (Fsp3) is 0.278. The van der Waals surface area contributed by atoms with E-state index in [4.69, 9.17) is 16.7 Å². The number of benzene rings is 2. The van der Waals surface area contributed by atoms with Crippen LogP contribution < -0.4 is 15.8 Å². The average Bonchev–Trinajstić information content (AvgIpc) is 2.60. The van der Waals surface area contributed by atoms with Crippen LogP contribution in [-0.4, -0.2) is 27.4 Å². The van der Waals surface area contributed by atoms with Gasteiger partial charge in [-0.05, 0) is 42.3 Å². The van der Waals surface area contributed by atoms with Crippen LogP contribution in [0.5, 0.6) is 0 Å². The van der Waals surface area contributed by atoms with Gasteiger partial charge in [-0.15, -0.1) is 0 Å². The summed E-state index contributed by atoms with van der Waals surface area (Å²) in [6.45, 7) is 1.66. The Balaban J connectivity index is 1.63. The van der Waals surface area contributed by atoms with Crippen molar-refractivity contribution in [3.63, 3.8) is 0 Å². The molecule has 0 unspecified atom stereocenters. The number of primary sulfonamides is 1. The number of carbonyl (C=O) groups excluding carboxylic acids is 1. The SMILES string of the molecule is NS(=O)(=O)c1ccc(CCNCCC(=O)NCc2ccccc2Cl)cc1. The number of halogens is 1. The average molecular weight is 396 g/mol. The largest absolute Gasteiger partial charge is 0.352 e. The predicted octanol–water partition coefficient (Wildman–Crippen LogP) is 1.83. The quantitative estimate of drug-likeness (QED) is 0.564. The summed E-state index contributed by atoms with van der Waals surface area (Å²) >= 11 is 6.04. The van der Waals surface area contributed by atoms with Crippen LogP contribution in [0.1, 0.15) is 17.5 Å². The van der Waals surface area contributed by atoms with Crippen molar-refractivity contribution in [2.45, 2.75) is 24.3 Å². The van der Waals surface area contributed by atoms with E-state index in [1.165, 1.54) is 12.1 Å². The highest BCUT2D eigenvalue weighted by atomic mass is 35.5. The Labute approximate surface area is 158 Å². The van der Waals surface area contributed by atoms with Crippen molar-refractivity contribution < 1.29 is 13.2 Å². The van der Waals surface area contributed by atoms with Crippen LogP contribution in [0.15, 0.2) is 53.4 Å². The summed E-state index contributed by atoms with van der Waals surface area (Å²) in [5.41, 5.74) is 1.88. The highest BCUT2D eigenvalue weighted by Crippen LogP contribution is 2.14. The van der Waals surface area contributed by atoms with Gasteiger partial charge in [0.2, 0.25) is 15.9 Å². The number of nitrogens with two attached hydrogens (primary N) is 1. The van der Waals surface area contributed by atoms with Crippen LogP contribution in [-0.2, 0) is 27.8 Å². The summed E-state index contributed by atoms with van der Waals surface area (Å²) in [6.07, 6.45) is 1.10. The summed E-state index contributed by atoms with van der Waals surface area (Å²) in [6, 6.07) is 13.8. The monoisotopic (exact) mass is 395 g/mol. The van der Waals surface area contributed by atoms with Crippen LogP contribution in [0.4, 0.5) is 0 Å². The fourth-order valence-corrected chi connectivity index (χ4v) is 3.05. The number of sulfonamides is 1. The number of carbonyl (C=O) groups is 1. The van der Waals surface area contributed by atoms with Gasteiger partial charge >= 0.3 is 0 Å². The Kier molecular flexibility index (Phi) is 7.59. The second kappa shape index (κ2) is 9.68. The molecule has 140 valence electrons. The second-order valence-electron chi connectivity index (χ2n) is 5.81. The van der Waals surface area contributed by atoms with E-state index in [0.29, 0.717) is 31.1 Å². The molecule has 0 aromatic heterocycles. The van der Waals surface area contributed by atoms with E-state index >= 15 is 0 Å². The molecule has 0 radical (unpaired) electrons. The Hall–Kier alpha value is -1.93. The predicted molar refractivity (Wildman–Crippen MR) is 102 cm³/mol. The summed E-state index contributed by atoms with van der Waals surface area (Å²) in [4.78, 5) is 11.9. The molecule has 0 saturated carbocycles. The van der Waals surface area contributed by atoms with Crippen molar-refractivity contribution in [3.8, 4) is 0 Å². The molecule has 2 rings (SSSR count). The van der Waals surface area contributed by atoms with Gasteiger partial charge in [-0.1, -0.05) is 41.9 Å². The molecule has 26 heavy (non-hydrogen) atoms. The Morgan fingerprint density at radius 2 is 1.73 bits per heavy atom. The van der Waals surface area contributed by atoms with Gasteiger partial charge in [-0.25, -0.2) is 13.6 Å². The second-order valence-corrected chi connectivity index (χ2v) is 7.78. The lowest BCUT2D eigenvalue weighted by Crippen LogP contribution is -2.28. The number of rotatable bonds is 9. The molecule has 0 bridgehead atoms. The standard InChI is InChI=1S/C18H22ClN3O3S/c19-17-4-2-1-3-15(17)13-22-18(23)10-12-21-11-9-14-5-7-16(8-6-14)26(20,24)25/h1-8,21H,9-13H2,(H,22,23)(H2,20,24,25).